The molecule has 0 saturated carbocycles. The average Bonchev–Trinajstić information content (AvgIpc) is 2.07. The van der Waals surface area contributed by atoms with Crippen molar-refractivity contribution in [3.8, 4) is 0 Å². The van der Waals surface area contributed by atoms with Gasteiger partial charge >= 0.3 is 75.7 Å². The van der Waals surface area contributed by atoms with E-state index in [1.54, 1.807) is 0 Å². The van der Waals surface area contributed by atoms with Gasteiger partial charge in [-0.3, -0.25) is 0 Å². The number of allylic oxidation sites excluding steroid dienone is 6. The van der Waals surface area contributed by atoms with E-state index in [1.807, 2.05) is 11.0 Å². The van der Waals surface area contributed by atoms with Crippen LogP contribution in [-0.2, 0) is 15.6 Å². The summed E-state index contributed by atoms with van der Waals surface area (Å²) in [6.45, 7) is 0. The van der Waals surface area contributed by atoms with Crippen LogP contribution in [-0.4, -0.2) is 4.92 Å². The summed E-state index contributed by atoms with van der Waals surface area (Å²) in [4.78, 5) is 1.88. The van der Waals surface area contributed by atoms with Gasteiger partial charge in [-0.2, -0.15) is 0 Å². The molecule has 0 heterocycles. The van der Waals surface area contributed by atoms with E-state index in [0.29, 0.717) is 5.92 Å². The van der Waals surface area contributed by atoms with Crippen molar-refractivity contribution in [2.45, 2.75) is 12.8 Å². The molecule has 0 aromatic rings. The Morgan fingerprint density at radius 1 is 1.45 bits per heavy atom. The van der Waals surface area contributed by atoms with E-state index >= 15 is 0 Å². The molecule has 1 heteroatoms. The zero-order valence-corrected chi connectivity index (χ0v) is 7.59. The third-order valence-corrected chi connectivity index (χ3v) is 1.94. The Balaban J connectivity index is 2.27. The molecule has 0 spiro atoms. The molecule has 1 atom stereocenters. The summed E-state index contributed by atoms with van der Waals surface area (Å²) in [7, 11) is 0. The standard InChI is InChI=1S/C10H12.Mn/c1-2-3-7-10-8-5-4-6-9-10;/h1-6,8,10H,7,9H2;/b3-2-;. The first-order chi connectivity index (χ1) is 5.43. The molecule has 0 aromatic carbocycles. The van der Waals surface area contributed by atoms with Gasteiger partial charge in [0, 0.05) is 0 Å². The molecule has 0 saturated heterocycles. The van der Waals surface area contributed by atoms with Crippen LogP contribution >= 0.6 is 0 Å². The van der Waals surface area contributed by atoms with E-state index in [0.717, 1.165) is 6.42 Å². The van der Waals surface area contributed by atoms with Gasteiger partial charge in [0.15, 0.2) is 0 Å². The normalized spacial score (nSPS) is 22.7. The third-order valence-electron chi connectivity index (χ3n) is 1.72. The number of rotatable bonds is 3. The quantitative estimate of drug-likeness (QED) is 0.595. The average molecular weight is 187 g/mol. The Morgan fingerprint density at radius 3 is 3.00 bits per heavy atom. The fraction of sp³-hybridized carbons (Fsp3) is 0.300. The Labute approximate surface area is 76.0 Å². The molecule has 1 aliphatic carbocycles. The summed E-state index contributed by atoms with van der Waals surface area (Å²) in [5.41, 5.74) is 0. The summed E-state index contributed by atoms with van der Waals surface area (Å²) >= 11 is 3.23. The van der Waals surface area contributed by atoms with Crippen molar-refractivity contribution >= 4 is 4.92 Å². The van der Waals surface area contributed by atoms with Crippen molar-refractivity contribution < 1.29 is 15.6 Å². The molecule has 0 radical (unpaired) electrons. The van der Waals surface area contributed by atoms with Crippen molar-refractivity contribution in [3.63, 3.8) is 0 Å². The van der Waals surface area contributed by atoms with Gasteiger partial charge < -0.3 is 0 Å². The fourth-order valence-corrected chi connectivity index (χ4v) is 1.27. The Bertz CT molecular complexity index is 199. The van der Waals surface area contributed by atoms with Crippen LogP contribution in [0.2, 0.25) is 0 Å². The summed E-state index contributed by atoms with van der Waals surface area (Å²) in [5, 5.41) is 0. The van der Waals surface area contributed by atoms with Gasteiger partial charge in [0.2, 0.25) is 0 Å². The molecule has 1 unspecified atom stereocenters. The van der Waals surface area contributed by atoms with E-state index in [2.05, 4.69) is 46.0 Å². The second kappa shape index (κ2) is 5.28. The maximum absolute atomic E-state index is 3.23. The van der Waals surface area contributed by atoms with E-state index in [4.69, 9.17) is 0 Å². The van der Waals surface area contributed by atoms with Gasteiger partial charge in [-0.25, -0.2) is 0 Å². The first-order valence-electron chi connectivity index (χ1n) is 3.85. The van der Waals surface area contributed by atoms with Crippen LogP contribution in [0.4, 0.5) is 0 Å². The van der Waals surface area contributed by atoms with Crippen molar-refractivity contribution in [2.24, 2.45) is 5.92 Å². The van der Waals surface area contributed by atoms with Crippen LogP contribution in [0.5, 0.6) is 0 Å². The van der Waals surface area contributed by atoms with E-state index in [-0.39, 0.29) is 0 Å². The van der Waals surface area contributed by atoms with Crippen molar-refractivity contribution in [1.29, 1.82) is 0 Å². The van der Waals surface area contributed by atoms with Gasteiger partial charge in [-0.15, -0.1) is 0 Å². The molecule has 59 valence electrons. The van der Waals surface area contributed by atoms with Gasteiger partial charge in [0.1, 0.15) is 0 Å². The molecule has 0 aliphatic heterocycles. The zero-order valence-electron chi connectivity index (χ0n) is 6.41. The third kappa shape index (κ3) is 3.50. The summed E-state index contributed by atoms with van der Waals surface area (Å²) in [5.74, 6) is 0.712. The Hall–Kier alpha value is -0.391. The molecule has 1 aliphatic rings. The molecule has 11 heavy (non-hydrogen) atoms. The SMILES string of the molecule is [Mn]=[CH]/C=C\CC1C=CC=CC1. The maximum atomic E-state index is 3.23. The molecular formula is C10H12Mn. The molecular weight excluding hydrogens is 175 g/mol. The predicted molar refractivity (Wildman–Crippen MR) is 46.2 cm³/mol. The van der Waals surface area contributed by atoms with Crippen molar-refractivity contribution in [3.05, 3.63) is 36.5 Å². The number of hydrogen-bond acceptors (Lipinski definition) is 0. The van der Waals surface area contributed by atoms with E-state index in [9.17, 15) is 0 Å². The van der Waals surface area contributed by atoms with Gasteiger partial charge in [-0.1, -0.05) is 0 Å². The first-order valence-corrected chi connectivity index (χ1v) is 4.53. The first kappa shape index (κ1) is 8.70. The zero-order chi connectivity index (χ0) is 7.94. The second-order valence-electron chi connectivity index (χ2n) is 2.60. The second-order valence-corrected chi connectivity index (χ2v) is 2.99. The van der Waals surface area contributed by atoms with Crippen LogP contribution in [0.25, 0.3) is 0 Å². The van der Waals surface area contributed by atoms with Crippen LogP contribution in [0, 0.1) is 5.92 Å². The topological polar surface area (TPSA) is 0 Å². The van der Waals surface area contributed by atoms with Crippen LogP contribution in [0.3, 0.4) is 0 Å². The van der Waals surface area contributed by atoms with Crippen LogP contribution in [0.1, 0.15) is 12.8 Å². The van der Waals surface area contributed by atoms with E-state index < -0.39 is 0 Å². The number of hydrogen-bond donors (Lipinski definition) is 0. The van der Waals surface area contributed by atoms with Crippen LogP contribution in [0.15, 0.2) is 36.5 Å². The Kier molecular flexibility index (Phi) is 4.18. The molecule has 0 N–H and O–H groups in total. The molecule has 1 rings (SSSR count). The van der Waals surface area contributed by atoms with E-state index in [1.165, 1.54) is 6.42 Å². The van der Waals surface area contributed by atoms with Crippen molar-refractivity contribution in [2.75, 3.05) is 0 Å². The van der Waals surface area contributed by atoms with Gasteiger partial charge in [-0.05, 0) is 0 Å². The molecule has 0 bridgehead atoms. The predicted octanol–water partition coefficient (Wildman–Crippen LogP) is 2.41. The minimum atomic E-state index is 0.712. The van der Waals surface area contributed by atoms with Gasteiger partial charge in [0.25, 0.3) is 0 Å². The minimum absolute atomic E-state index is 0.712. The molecule has 0 amide bonds. The Morgan fingerprint density at radius 2 is 2.36 bits per heavy atom. The summed E-state index contributed by atoms with van der Waals surface area (Å²) in [6, 6.07) is 0. The molecule has 0 nitrogen and oxygen atoms in total. The van der Waals surface area contributed by atoms with Crippen LogP contribution < -0.4 is 0 Å². The molecule has 0 fully saturated rings. The monoisotopic (exact) mass is 187 g/mol. The van der Waals surface area contributed by atoms with Crippen molar-refractivity contribution in [1.82, 2.24) is 0 Å². The van der Waals surface area contributed by atoms with Gasteiger partial charge in [0.05, 0.1) is 0 Å². The summed E-state index contributed by atoms with van der Waals surface area (Å²) < 4.78 is 0. The molecule has 0 aromatic heterocycles. The fourth-order valence-electron chi connectivity index (χ4n) is 1.11. The summed E-state index contributed by atoms with van der Waals surface area (Å²) in [6.07, 6.45) is 15.3.